The quantitative estimate of drug-likeness (QED) is 0.858. The second-order valence-corrected chi connectivity index (χ2v) is 4.88. The van der Waals surface area contributed by atoms with E-state index in [1.807, 2.05) is 32.9 Å². The van der Waals surface area contributed by atoms with Crippen molar-refractivity contribution in [2.24, 2.45) is 5.92 Å². The zero-order valence-corrected chi connectivity index (χ0v) is 10.7. The monoisotopic (exact) mass is 273 g/mol. The summed E-state index contributed by atoms with van der Waals surface area (Å²) in [7, 11) is 0. The second kappa shape index (κ2) is 5.35. The van der Waals surface area contributed by atoms with E-state index in [1.165, 1.54) is 0 Å². The van der Waals surface area contributed by atoms with Gasteiger partial charge in [0.05, 0.1) is 17.1 Å². The van der Waals surface area contributed by atoms with Crippen molar-refractivity contribution in [1.82, 2.24) is 5.32 Å². The first-order chi connectivity index (χ1) is 7.02. The molecule has 2 atom stereocenters. The van der Waals surface area contributed by atoms with E-state index in [1.54, 1.807) is 6.26 Å². The highest BCUT2D eigenvalue weighted by atomic mass is 79.9. The Labute approximate surface area is 98.4 Å². The van der Waals surface area contributed by atoms with Gasteiger partial charge in [-0.1, -0.05) is 29.8 Å². The van der Waals surface area contributed by atoms with Crippen LogP contribution in [0, 0.1) is 5.92 Å². The third kappa shape index (κ3) is 3.38. The number of hydrogen-bond donors (Lipinski definition) is 1. The Kier molecular flexibility index (Phi) is 4.39. The Bertz CT molecular complexity index is 308. The molecule has 84 valence electrons. The molecular formula is C11H16BrNO2. The number of hydrogen-bond acceptors (Lipinski definition) is 2. The van der Waals surface area contributed by atoms with E-state index in [9.17, 15) is 4.79 Å². The fourth-order valence-electron chi connectivity index (χ4n) is 1.20. The molecule has 0 saturated carbocycles. The lowest BCUT2D eigenvalue weighted by Crippen LogP contribution is -2.35. The van der Waals surface area contributed by atoms with E-state index < -0.39 is 0 Å². The van der Waals surface area contributed by atoms with Crippen LogP contribution in [0.5, 0.6) is 0 Å². The molecule has 0 radical (unpaired) electrons. The number of nitrogens with one attached hydrogen (secondary N) is 1. The van der Waals surface area contributed by atoms with Gasteiger partial charge in [0.1, 0.15) is 5.76 Å². The van der Waals surface area contributed by atoms with Crippen LogP contribution in [-0.4, -0.2) is 10.7 Å². The summed E-state index contributed by atoms with van der Waals surface area (Å²) in [5.74, 6) is 1.04. The maximum absolute atomic E-state index is 11.7. The molecule has 3 nitrogen and oxygen atoms in total. The molecule has 0 aliphatic rings. The third-order valence-corrected chi connectivity index (χ3v) is 3.64. The van der Waals surface area contributed by atoms with E-state index in [4.69, 9.17) is 4.42 Å². The van der Waals surface area contributed by atoms with Crippen LogP contribution in [0.2, 0.25) is 0 Å². The molecule has 1 unspecified atom stereocenters. The molecule has 1 amide bonds. The summed E-state index contributed by atoms with van der Waals surface area (Å²) in [5.41, 5.74) is 0. The highest BCUT2D eigenvalue weighted by Gasteiger charge is 2.21. The average Bonchev–Trinajstić information content (AvgIpc) is 2.68. The average molecular weight is 274 g/mol. The number of rotatable bonds is 4. The first-order valence-corrected chi connectivity index (χ1v) is 5.91. The first-order valence-electron chi connectivity index (χ1n) is 5.00. The van der Waals surface area contributed by atoms with Gasteiger partial charge in [-0.25, -0.2) is 0 Å². The number of amides is 1. The van der Waals surface area contributed by atoms with Crippen molar-refractivity contribution in [2.75, 3.05) is 0 Å². The molecular weight excluding hydrogens is 258 g/mol. The Morgan fingerprint density at radius 1 is 1.47 bits per heavy atom. The summed E-state index contributed by atoms with van der Waals surface area (Å²) in [5, 5.41) is 2.88. The van der Waals surface area contributed by atoms with Crippen LogP contribution >= 0.6 is 15.9 Å². The van der Waals surface area contributed by atoms with Crippen molar-refractivity contribution in [3.63, 3.8) is 0 Å². The summed E-state index contributed by atoms with van der Waals surface area (Å²) >= 11 is 3.36. The van der Waals surface area contributed by atoms with Gasteiger partial charge >= 0.3 is 0 Å². The van der Waals surface area contributed by atoms with Crippen molar-refractivity contribution >= 4 is 21.8 Å². The first kappa shape index (κ1) is 12.3. The molecule has 1 N–H and O–H groups in total. The van der Waals surface area contributed by atoms with Crippen molar-refractivity contribution in [3.8, 4) is 0 Å². The highest BCUT2D eigenvalue weighted by Crippen LogP contribution is 2.16. The molecule has 4 heteroatoms. The van der Waals surface area contributed by atoms with E-state index in [2.05, 4.69) is 21.2 Å². The lowest BCUT2D eigenvalue weighted by molar-refractivity contribution is -0.121. The molecule has 0 aliphatic carbocycles. The third-order valence-electron chi connectivity index (χ3n) is 2.16. The summed E-state index contributed by atoms with van der Waals surface area (Å²) in [6.07, 6.45) is 1.60. The predicted molar refractivity (Wildman–Crippen MR) is 62.8 cm³/mol. The summed E-state index contributed by atoms with van der Waals surface area (Å²) in [6, 6.07) is 3.57. The molecule has 1 rings (SSSR count). The van der Waals surface area contributed by atoms with Gasteiger partial charge in [0.25, 0.3) is 0 Å². The summed E-state index contributed by atoms with van der Waals surface area (Å²) < 4.78 is 5.21. The van der Waals surface area contributed by atoms with Crippen molar-refractivity contribution in [2.45, 2.75) is 31.6 Å². The molecule has 1 aromatic rings. The molecule has 0 bridgehead atoms. The molecule has 0 spiro atoms. The van der Waals surface area contributed by atoms with Gasteiger partial charge in [0, 0.05) is 0 Å². The topological polar surface area (TPSA) is 42.2 Å². The molecule has 0 aliphatic heterocycles. The number of halogens is 1. The normalized spacial score (nSPS) is 15.0. The molecule has 15 heavy (non-hydrogen) atoms. The summed E-state index contributed by atoms with van der Waals surface area (Å²) in [4.78, 5) is 11.5. The standard InChI is InChI=1S/C11H16BrNO2/c1-7(2)10(12)11(14)13-8(3)9-5-4-6-15-9/h4-8,10H,1-3H3,(H,13,14)/t8-,10?/m1/s1. The van der Waals surface area contributed by atoms with Gasteiger partial charge < -0.3 is 9.73 Å². The predicted octanol–water partition coefficient (Wildman–Crippen LogP) is 2.88. The molecule has 0 fully saturated rings. The van der Waals surface area contributed by atoms with Crippen LogP contribution in [0.15, 0.2) is 22.8 Å². The fourth-order valence-corrected chi connectivity index (χ4v) is 1.34. The zero-order chi connectivity index (χ0) is 11.4. The maximum Gasteiger partial charge on any atom is 0.234 e. The number of carbonyl (C=O) groups excluding carboxylic acids is 1. The Hall–Kier alpha value is -0.770. The van der Waals surface area contributed by atoms with Crippen LogP contribution in [0.25, 0.3) is 0 Å². The lowest BCUT2D eigenvalue weighted by Gasteiger charge is -2.17. The van der Waals surface area contributed by atoms with Gasteiger partial charge in [-0.3, -0.25) is 4.79 Å². The van der Waals surface area contributed by atoms with E-state index >= 15 is 0 Å². The molecule has 0 saturated heterocycles. The minimum Gasteiger partial charge on any atom is -0.467 e. The maximum atomic E-state index is 11.7. The smallest absolute Gasteiger partial charge is 0.234 e. The van der Waals surface area contributed by atoms with Gasteiger partial charge in [-0.15, -0.1) is 0 Å². The van der Waals surface area contributed by atoms with Crippen LogP contribution in [0.4, 0.5) is 0 Å². The van der Waals surface area contributed by atoms with Crippen LogP contribution in [0.1, 0.15) is 32.6 Å². The largest absolute Gasteiger partial charge is 0.467 e. The van der Waals surface area contributed by atoms with Crippen LogP contribution in [-0.2, 0) is 4.79 Å². The van der Waals surface area contributed by atoms with E-state index in [0.29, 0.717) is 0 Å². The Morgan fingerprint density at radius 2 is 2.13 bits per heavy atom. The van der Waals surface area contributed by atoms with Crippen molar-refractivity contribution < 1.29 is 9.21 Å². The van der Waals surface area contributed by atoms with E-state index in [0.717, 1.165) is 5.76 Å². The van der Waals surface area contributed by atoms with Crippen LogP contribution in [0.3, 0.4) is 0 Å². The summed E-state index contributed by atoms with van der Waals surface area (Å²) in [6.45, 7) is 5.89. The van der Waals surface area contributed by atoms with Crippen LogP contribution < -0.4 is 5.32 Å². The fraction of sp³-hybridized carbons (Fsp3) is 0.545. The highest BCUT2D eigenvalue weighted by molar-refractivity contribution is 9.10. The SMILES string of the molecule is CC(C)C(Br)C(=O)N[C@H](C)c1ccco1. The van der Waals surface area contributed by atoms with Gasteiger partial charge in [0.15, 0.2) is 0 Å². The van der Waals surface area contributed by atoms with Gasteiger partial charge in [-0.2, -0.15) is 0 Å². The van der Waals surface area contributed by atoms with Gasteiger partial charge in [-0.05, 0) is 25.0 Å². The molecule has 1 heterocycles. The Morgan fingerprint density at radius 3 is 2.60 bits per heavy atom. The van der Waals surface area contributed by atoms with E-state index in [-0.39, 0.29) is 22.7 Å². The molecule has 0 aromatic carbocycles. The van der Waals surface area contributed by atoms with Crippen molar-refractivity contribution in [1.29, 1.82) is 0 Å². The Balaban J connectivity index is 2.52. The number of furan rings is 1. The minimum absolute atomic E-state index is 0.00565. The second-order valence-electron chi connectivity index (χ2n) is 3.89. The minimum atomic E-state index is -0.157. The zero-order valence-electron chi connectivity index (χ0n) is 9.16. The van der Waals surface area contributed by atoms with Gasteiger partial charge in [0.2, 0.25) is 5.91 Å². The number of alkyl halides is 1. The molecule has 1 aromatic heterocycles. The number of carbonyl (C=O) groups is 1. The lowest BCUT2D eigenvalue weighted by atomic mass is 10.1. The van der Waals surface area contributed by atoms with Crippen molar-refractivity contribution in [3.05, 3.63) is 24.2 Å².